The van der Waals surface area contributed by atoms with E-state index in [0.717, 1.165) is 35.1 Å². The molecule has 1 aliphatic rings. The molecule has 2 aromatic carbocycles. The molecule has 0 bridgehead atoms. The smallest absolute Gasteiger partial charge is 0.234 e. The highest BCUT2D eigenvalue weighted by molar-refractivity contribution is 7.99. The van der Waals surface area contributed by atoms with Gasteiger partial charge in [-0.15, -0.1) is 10.2 Å². The molecule has 1 saturated carbocycles. The molecule has 0 radical (unpaired) electrons. The van der Waals surface area contributed by atoms with Gasteiger partial charge in [-0.3, -0.25) is 9.36 Å². The fourth-order valence-corrected chi connectivity index (χ4v) is 4.35. The summed E-state index contributed by atoms with van der Waals surface area (Å²) in [7, 11) is 0. The van der Waals surface area contributed by atoms with E-state index in [4.69, 9.17) is 16.3 Å². The molecule has 0 saturated heterocycles. The SMILES string of the molecule is CC(C)c1ccccc1NC(=O)CSc1nnc(COc2ccccc2Cl)n1C1CC1. The minimum Gasteiger partial charge on any atom is -0.484 e. The van der Waals surface area contributed by atoms with Crippen molar-refractivity contribution in [2.75, 3.05) is 11.1 Å². The van der Waals surface area contributed by atoms with Crippen LogP contribution in [0.15, 0.2) is 53.7 Å². The van der Waals surface area contributed by atoms with Gasteiger partial charge < -0.3 is 10.1 Å². The van der Waals surface area contributed by atoms with Crippen molar-refractivity contribution in [3.05, 3.63) is 64.9 Å². The Bertz CT molecular complexity index is 1070. The van der Waals surface area contributed by atoms with Crippen LogP contribution in [0.25, 0.3) is 0 Å². The van der Waals surface area contributed by atoms with Gasteiger partial charge in [-0.2, -0.15) is 0 Å². The Balaban J connectivity index is 1.40. The maximum atomic E-state index is 12.6. The topological polar surface area (TPSA) is 69.0 Å². The minimum atomic E-state index is -0.0580. The molecule has 0 aliphatic heterocycles. The summed E-state index contributed by atoms with van der Waals surface area (Å²) in [5.74, 6) is 1.91. The number of benzene rings is 2. The first-order valence-electron chi connectivity index (χ1n) is 10.4. The molecule has 4 rings (SSSR count). The Morgan fingerprint density at radius 3 is 2.68 bits per heavy atom. The third kappa shape index (κ3) is 5.40. The summed E-state index contributed by atoms with van der Waals surface area (Å²) in [6.07, 6.45) is 2.16. The molecular formula is C23H25ClN4O2S. The van der Waals surface area contributed by atoms with Gasteiger partial charge in [0.2, 0.25) is 5.91 Å². The fourth-order valence-electron chi connectivity index (χ4n) is 3.34. The van der Waals surface area contributed by atoms with E-state index in [0.29, 0.717) is 22.7 Å². The number of nitrogens with one attached hydrogen (secondary N) is 1. The number of carbonyl (C=O) groups excluding carboxylic acids is 1. The molecular weight excluding hydrogens is 432 g/mol. The average molecular weight is 457 g/mol. The highest BCUT2D eigenvalue weighted by Gasteiger charge is 2.30. The number of amides is 1. The van der Waals surface area contributed by atoms with Crippen molar-refractivity contribution in [2.24, 2.45) is 0 Å². The molecule has 162 valence electrons. The van der Waals surface area contributed by atoms with E-state index >= 15 is 0 Å². The molecule has 6 nitrogen and oxygen atoms in total. The van der Waals surface area contributed by atoms with Crippen molar-refractivity contribution in [3.63, 3.8) is 0 Å². The molecule has 8 heteroatoms. The molecule has 0 atom stereocenters. The van der Waals surface area contributed by atoms with Crippen LogP contribution in [0.2, 0.25) is 5.02 Å². The maximum absolute atomic E-state index is 12.6. The molecule has 1 heterocycles. The van der Waals surface area contributed by atoms with E-state index in [9.17, 15) is 4.79 Å². The third-order valence-corrected chi connectivity index (χ3v) is 6.29. The molecule has 0 spiro atoms. The highest BCUT2D eigenvalue weighted by Crippen LogP contribution is 2.39. The van der Waals surface area contributed by atoms with E-state index in [2.05, 4.69) is 33.9 Å². The van der Waals surface area contributed by atoms with E-state index in [-0.39, 0.29) is 18.3 Å². The number of para-hydroxylation sites is 2. The molecule has 1 aliphatic carbocycles. The average Bonchev–Trinajstić information content (AvgIpc) is 3.52. The van der Waals surface area contributed by atoms with Gasteiger partial charge in [-0.25, -0.2) is 0 Å². The summed E-state index contributed by atoms with van der Waals surface area (Å²) in [5.41, 5.74) is 1.99. The number of hydrogen-bond donors (Lipinski definition) is 1. The molecule has 3 aromatic rings. The van der Waals surface area contributed by atoms with Crippen molar-refractivity contribution in [2.45, 2.75) is 50.4 Å². The minimum absolute atomic E-state index is 0.0580. The summed E-state index contributed by atoms with van der Waals surface area (Å²) in [6, 6.07) is 15.6. The number of ether oxygens (including phenoxy) is 1. The number of aromatic nitrogens is 3. The summed E-state index contributed by atoms with van der Waals surface area (Å²) in [4.78, 5) is 12.6. The van der Waals surface area contributed by atoms with Crippen LogP contribution in [0.1, 0.15) is 50.0 Å². The predicted molar refractivity (Wildman–Crippen MR) is 124 cm³/mol. The molecule has 1 fully saturated rings. The number of hydrogen-bond acceptors (Lipinski definition) is 5. The van der Waals surface area contributed by atoms with Crippen LogP contribution in [0.5, 0.6) is 5.75 Å². The van der Waals surface area contributed by atoms with Crippen molar-refractivity contribution in [3.8, 4) is 5.75 Å². The van der Waals surface area contributed by atoms with Crippen molar-refractivity contribution in [1.29, 1.82) is 0 Å². The van der Waals surface area contributed by atoms with Crippen LogP contribution in [0.4, 0.5) is 5.69 Å². The zero-order chi connectivity index (χ0) is 21.8. The third-order valence-electron chi connectivity index (χ3n) is 5.03. The normalized spacial score (nSPS) is 13.4. The number of anilines is 1. The number of rotatable bonds is 9. The van der Waals surface area contributed by atoms with Crippen molar-refractivity contribution < 1.29 is 9.53 Å². The van der Waals surface area contributed by atoms with E-state index in [1.807, 2.05) is 42.5 Å². The first-order chi connectivity index (χ1) is 15.0. The van der Waals surface area contributed by atoms with Crippen LogP contribution in [0, 0.1) is 0 Å². The second-order valence-corrected chi connectivity index (χ2v) is 9.15. The summed E-state index contributed by atoms with van der Waals surface area (Å²) < 4.78 is 7.95. The Hall–Kier alpha value is -2.51. The lowest BCUT2D eigenvalue weighted by Crippen LogP contribution is -2.16. The lowest BCUT2D eigenvalue weighted by molar-refractivity contribution is -0.113. The van der Waals surface area contributed by atoms with Crippen LogP contribution in [-0.2, 0) is 11.4 Å². The van der Waals surface area contributed by atoms with Gasteiger partial charge in [0.1, 0.15) is 12.4 Å². The number of nitrogens with zero attached hydrogens (tertiary/aromatic N) is 3. The second kappa shape index (κ2) is 9.75. The van der Waals surface area contributed by atoms with Gasteiger partial charge in [0.15, 0.2) is 11.0 Å². The standard InChI is InChI=1S/C23H25ClN4O2S/c1-15(2)17-7-3-5-9-19(17)25-22(29)14-31-23-27-26-21(28(23)16-11-12-16)13-30-20-10-6-4-8-18(20)24/h3-10,15-16H,11-14H2,1-2H3,(H,25,29). The fraction of sp³-hybridized carbons (Fsp3) is 0.348. The molecule has 1 N–H and O–H groups in total. The molecule has 1 aromatic heterocycles. The van der Waals surface area contributed by atoms with Gasteiger partial charge in [-0.1, -0.05) is 67.5 Å². The van der Waals surface area contributed by atoms with Crippen LogP contribution >= 0.6 is 23.4 Å². The van der Waals surface area contributed by atoms with Gasteiger partial charge in [0, 0.05) is 11.7 Å². The van der Waals surface area contributed by atoms with Crippen LogP contribution in [-0.4, -0.2) is 26.4 Å². The number of carbonyl (C=O) groups is 1. The molecule has 31 heavy (non-hydrogen) atoms. The molecule has 1 amide bonds. The second-order valence-electron chi connectivity index (χ2n) is 7.80. The Morgan fingerprint density at radius 1 is 1.19 bits per heavy atom. The zero-order valence-electron chi connectivity index (χ0n) is 17.5. The Kier molecular flexibility index (Phi) is 6.83. The van der Waals surface area contributed by atoms with Gasteiger partial charge >= 0.3 is 0 Å². The summed E-state index contributed by atoms with van der Waals surface area (Å²) in [6.45, 7) is 4.51. The van der Waals surface area contributed by atoms with Gasteiger partial charge in [0.05, 0.1) is 10.8 Å². The zero-order valence-corrected chi connectivity index (χ0v) is 19.1. The highest BCUT2D eigenvalue weighted by atomic mass is 35.5. The Morgan fingerprint density at radius 2 is 1.94 bits per heavy atom. The van der Waals surface area contributed by atoms with Gasteiger partial charge in [-0.05, 0) is 42.5 Å². The number of halogens is 1. The van der Waals surface area contributed by atoms with E-state index < -0.39 is 0 Å². The monoisotopic (exact) mass is 456 g/mol. The van der Waals surface area contributed by atoms with Crippen molar-refractivity contribution >= 4 is 35.0 Å². The lowest BCUT2D eigenvalue weighted by Gasteiger charge is -2.13. The number of thioether (sulfide) groups is 1. The Labute approximate surface area is 191 Å². The first-order valence-corrected chi connectivity index (χ1v) is 11.7. The quantitative estimate of drug-likeness (QED) is 0.418. The van der Waals surface area contributed by atoms with Crippen LogP contribution < -0.4 is 10.1 Å². The van der Waals surface area contributed by atoms with Gasteiger partial charge in [0.25, 0.3) is 0 Å². The first kappa shape index (κ1) is 21.7. The van der Waals surface area contributed by atoms with Crippen LogP contribution in [0.3, 0.4) is 0 Å². The summed E-state index contributed by atoms with van der Waals surface area (Å²) in [5, 5.41) is 13.0. The lowest BCUT2D eigenvalue weighted by atomic mass is 10.0. The largest absolute Gasteiger partial charge is 0.484 e. The van der Waals surface area contributed by atoms with Crippen molar-refractivity contribution in [1.82, 2.24) is 14.8 Å². The summed E-state index contributed by atoms with van der Waals surface area (Å²) >= 11 is 7.57. The van der Waals surface area contributed by atoms with E-state index in [1.54, 1.807) is 6.07 Å². The maximum Gasteiger partial charge on any atom is 0.234 e. The molecule has 0 unspecified atom stereocenters. The van der Waals surface area contributed by atoms with E-state index in [1.165, 1.54) is 11.8 Å². The predicted octanol–water partition coefficient (Wildman–Crippen LogP) is 5.70.